The Hall–Kier alpha value is -2.26. The number of benzene rings is 1. The maximum atomic E-state index is 11.6. The van der Waals surface area contributed by atoms with Crippen LogP contribution in [-0.2, 0) is 0 Å². The summed E-state index contributed by atoms with van der Waals surface area (Å²) in [5.41, 5.74) is 4.04. The van der Waals surface area contributed by atoms with E-state index in [1.165, 1.54) is 12.0 Å². The first-order valence-corrected chi connectivity index (χ1v) is 9.49. The van der Waals surface area contributed by atoms with Gasteiger partial charge in [0.2, 0.25) is 0 Å². The lowest BCUT2D eigenvalue weighted by molar-refractivity contribution is 0.101. The highest BCUT2D eigenvalue weighted by Crippen LogP contribution is 2.29. The summed E-state index contributed by atoms with van der Waals surface area (Å²) in [5, 5.41) is 0. The van der Waals surface area contributed by atoms with Crippen LogP contribution in [-0.4, -0.2) is 35.3 Å². The fraction of sp³-hybridized carbons (Fsp3) is 0.391. The van der Waals surface area contributed by atoms with Gasteiger partial charge in [-0.2, -0.15) is 0 Å². The van der Waals surface area contributed by atoms with Gasteiger partial charge < -0.3 is 0 Å². The van der Waals surface area contributed by atoms with Gasteiger partial charge in [-0.1, -0.05) is 44.2 Å². The zero-order valence-corrected chi connectivity index (χ0v) is 16.0. The van der Waals surface area contributed by atoms with E-state index >= 15 is 0 Å². The van der Waals surface area contributed by atoms with E-state index in [1.807, 2.05) is 30.5 Å². The second-order valence-corrected chi connectivity index (χ2v) is 7.53. The standard InChI is InChI=1S/C23H28N2O/c1-17(2)6-5-12-25-13-10-22(16-25)20-9-11-24-23(15-20)21-8-4-7-19(14-21)18(3)26/h4-9,11,14-15,17,22H,10,12-13,16H2,1-3H3. The topological polar surface area (TPSA) is 33.2 Å². The molecule has 0 radical (unpaired) electrons. The molecule has 3 rings (SSSR count). The smallest absolute Gasteiger partial charge is 0.159 e. The molecule has 1 aromatic heterocycles. The number of hydrogen-bond acceptors (Lipinski definition) is 3. The molecular weight excluding hydrogens is 320 g/mol. The quantitative estimate of drug-likeness (QED) is 0.547. The molecule has 0 bridgehead atoms. The predicted molar refractivity (Wildman–Crippen MR) is 107 cm³/mol. The van der Waals surface area contributed by atoms with Crippen LogP contribution in [0.2, 0.25) is 0 Å². The second kappa shape index (κ2) is 8.41. The maximum absolute atomic E-state index is 11.6. The van der Waals surface area contributed by atoms with Crippen molar-refractivity contribution in [2.75, 3.05) is 19.6 Å². The molecule has 1 aromatic carbocycles. The van der Waals surface area contributed by atoms with Gasteiger partial charge in [-0.3, -0.25) is 14.7 Å². The Kier molecular flexibility index (Phi) is 6.00. The molecule has 1 unspecified atom stereocenters. The summed E-state index contributed by atoms with van der Waals surface area (Å²) in [6, 6.07) is 12.1. The van der Waals surface area contributed by atoms with Crippen molar-refractivity contribution in [1.29, 1.82) is 0 Å². The predicted octanol–water partition coefficient (Wildman–Crippen LogP) is 4.95. The number of pyridine rings is 1. The zero-order valence-electron chi connectivity index (χ0n) is 16.0. The van der Waals surface area contributed by atoms with Crippen molar-refractivity contribution >= 4 is 5.78 Å². The summed E-state index contributed by atoms with van der Waals surface area (Å²) in [5.74, 6) is 1.26. The third kappa shape index (κ3) is 4.67. The number of likely N-dealkylation sites (tertiary alicyclic amines) is 1. The molecule has 0 spiro atoms. The Morgan fingerprint density at radius 3 is 2.92 bits per heavy atom. The molecule has 1 fully saturated rings. The summed E-state index contributed by atoms with van der Waals surface area (Å²) in [6.07, 6.45) is 7.65. The number of carbonyl (C=O) groups excluding carboxylic acids is 1. The Labute approximate surface area is 156 Å². The van der Waals surface area contributed by atoms with Gasteiger partial charge in [-0.15, -0.1) is 0 Å². The van der Waals surface area contributed by atoms with Crippen LogP contribution < -0.4 is 0 Å². The summed E-state index contributed by atoms with van der Waals surface area (Å²) in [6.45, 7) is 9.30. The van der Waals surface area contributed by atoms with Crippen molar-refractivity contribution in [1.82, 2.24) is 9.88 Å². The van der Waals surface area contributed by atoms with Gasteiger partial charge in [-0.25, -0.2) is 0 Å². The molecule has 0 saturated carbocycles. The molecular formula is C23H28N2O. The molecule has 1 atom stereocenters. The van der Waals surface area contributed by atoms with Crippen LogP contribution in [0.4, 0.5) is 0 Å². The number of allylic oxidation sites excluding steroid dienone is 1. The molecule has 0 N–H and O–H groups in total. The van der Waals surface area contributed by atoms with Gasteiger partial charge >= 0.3 is 0 Å². The SMILES string of the molecule is CC(=O)c1cccc(-c2cc(C3CCN(CC=CC(C)C)C3)ccn2)c1. The molecule has 3 heteroatoms. The van der Waals surface area contributed by atoms with Crippen LogP contribution in [0.3, 0.4) is 0 Å². The average molecular weight is 348 g/mol. The summed E-state index contributed by atoms with van der Waals surface area (Å²) in [4.78, 5) is 18.7. The highest BCUT2D eigenvalue weighted by Gasteiger charge is 2.23. The minimum absolute atomic E-state index is 0.0869. The van der Waals surface area contributed by atoms with E-state index in [4.69, 9.17) is 0 Å². The first kappa shape index (κ1) is 18.5. The third-order valence-electron chi connectivity index (χ3n) is 4.98. The van der Waals surface area contributed by atoms with Crippen molar-refractivity contribution in [3.05, 3.63) is 65.9 Å². The number of hydrogen-bond donors (Lipinski definition) is 0. The molecule has 1 aliphatic heterocycles. The van der Waals surface area contributed by atoms with Gasteiger partial charge in [0.05, 0.1) is 5.69 Å². The first-order valence-electron chi connectivity index (χ1n) is 9.49. The van der Waals surface area contributed by atoms with Crippen LogP contribution in [0.5, 0.6) is 0 Å². The number of rotatable bonds is 6. The van der Waals surface area contributed by atoms with E-state index < -0.39 is 0 Å². The number of ketones is 1. The Bertz CT molecular complexity index is 794. The van der Waals surface area contributed by atoms with Crippen LogP contribution in [0.25, 0.3) is 11.3 Å². The second-order valence-electron chi connectivity index (χ2n) is 7.53. The monoisotopic (exact) mass is 348 g/mol. The first-order chi connectivity index (χ1) is 12.5. The van der Waals surface area contributed by atoms with Gasteiger partial charge in [-0.05, 0) is 55.5 Å². The van der Waals surface area contributed by atoms with Crippen LogP contribution in [0.15, 0.2) is 54.7 Å². The van der Waals surface area contributed by atoms with E-state index in [9.17, 15) is 4.79 Å². The zero-order chi connectivity index (χ0) is 18.5. The average Bonchev–Trinajstić information content (AvgIpc) is 3.10. The summed E-state index contributed by atoms with van der Waals surface area (Å²) in [7, 11) is 0. The fourth-order valence-electron chi connectivity index (χ4n) is 3.51. The van der Waals surface area contributed by atoms with E-state index in [-0.39, 0.29) is 5.78 Å². The molecule has 1 saturated heterocycles. The highest BCUT2D eigenvalue weighted by molar-refractivity contribution is 5.95. The molecule has 0 amide bonds. The molecule has 2 aromatic rings. The largest absolute Gasteiger partial charge is 0.299 e. The minimum Gasteiger partial charge on any atom is -0.299 e. The van der Waals surface area contributed by atoms with Crippen LogP contribution in [0.1, 0.15) is 49.0 Å². The van der Waals surface area contributed by atoms with Crippen molar-refractivity contribution in [2.45, 2.75) is 33.1 Å². The van der Waals surface area contributed by atoms with Gasteiger partial charge in [0, 0.05) is 30.4 Å². The molecule has 1 aliphatic rings. The molecule has 2 heterocycles. The summed E-state index contributed by atoms with van der Waals surface area (Å²) >= 11 is 0. The van der Waals surface area contributed by atoms with E-state index in [1.54, 1.807) is 6.92 Å². The molecule has 136 valence electrons. The molecule has 0 aliphatic carbocycles. The van der Waals surface area contributed by atoms with E-state index in [0.717, 1.165) is 36.5 Å². The number of carbonyl (C=O) groups is 1. The van der Waals surface area contributed by atoms with Crippen molar-refractivity contribution in [2.24, 2.45) is 5.92 Å². The third-order valence-corrected chi connectivity index (χ3v) is 4.98. The number of Topliss-reactive ketones (excluding diaryl/α,β-unsaturated/α-hetero) is 1. The molecule has 26 heavy (non-hydrogen) atoms. The number of nitrogens with zero attached hydrogens (tertiary/aromatic N) is 2. The van der Waals surface area contributed by atoms with Crippen LogP contribution >= 0.6 is 0 Å². The summed E-state index contributed by atoms with van der Waals surface area (Å²) < 4.78 is 0. The number of aromatic nitrogens is 1. The Morgan fingerprint density at radius 2 is 2.15 bits per heavy atom. The van der Waals surface area contributed by atoms with Crippen LogP contribution in [0, 0.1) is 5.92 Å². The maximum Gasteiger partial charge on any atom is 0.159 e. The molecule has 3 nitrogen and oxygen atoms in total. The van der Waals surface area contributed by atoms with E-state index in [0.29, 0.717) is 11.8 Å². The van der Waals surface area contributed by atoms with Crippen molar-refractivity contribution < 1.29 is 4.79 Å². The Balaban J connectivity index is 1.72. The highest BCUT2D eigenvalue weighted by atomic mass is 16.1. The lowest BCUT2D eigenvalue weighted by atomic mass is 9.97. The lowest BCUT2D eigenvalue weighted by Crippen LogP contribution is -2.20. The van der Waals surface area contributed by atoms with Crippen molar-refractivity contribution in [3.8, 4) is 11.3 Å². The normalized spacial score (nSPS) is 18.1. The van der Waals surface area contributed by atoms with E-state index in [2.05, 4.69) is 48.0 Å². The fourth-order valence-corrected chi connectivity index (χ4v) is 3.51. The van der Waals surface area contributed by atoms with Gasteiger partial charge in [0.1, 0.15) is 0 Å². The van der Waals surface area contributed by atoms with Gasteiger partial charge in [0.15, 0.2) is 5.78 Å². The lowest BCUT2D eigenvalue weighted by Gasteiger charge is -2.15. The minimum atomic E-state index is 0.0869. The van der Waals surface area contributed by atoms with Gasteiger partial charge in [0.25, 0.3) is 0 Å². The van der Waals surface area contributed by atoms with Crippen molar-refractivity contribution in [3.63, 3.8) is 0 Å². The Morgan fingerprint density at radius 1 is 1.31 bits per heavy atom.